The maximum atomic E-state index is 12.9. The summed E-state index contributed by atoms with van der Waals surface area (Å²) in [5.41, 5.74) is 1.13. The molecule has 0 saturated heterocycles. The van der Waals surface area contributed by atoms with Crippen LogP contribution in [0.25, 0.3) is 0 Å². The molecule has 0 bridgehead atoms. The molecule has 0 saturated carbocycles. The van der Waals surface area contributed by atoms with Crippen molar-refractivity contribution in [2.24, 2.45) is 0 Å². The fourth-order valence-electron chi connectivity index (χ4n) is 2.38. The average molecular weight is 412 g/mol. The maximum Gasteiger partial charge on any atom is 0.308 e. The van der Waals surface area contributed by atoms with Crippen LogP contribution in [0.3, 0.4) is 0 Å². The van der Waals surface area contributed by atoms with Gasteiger partial charge in [0.15, 0.2) is 0 Å². The molecule has 0 aromatic heterocycles. The van der Waals surface area contributed by atoms with Crippen LogP contribution in [0.15, 0.2) is 48.5 Å². The number of rotatable bonds is 9. The van der Waals surface area contributed by atoms with Gasteiger partial charge in [0.1, 0.15) is 5.75 Å². The summed E-state index contributed by atoms with van der Waals surface area (Å²) < 4.78 is 33.5. The van der Waals surface area contributed by atoms with Crippen LogP contribution in [0.1, 0.15) is 22.8 Å². The van der Waals surface area contributed by atoms with Gasteiger partial charge in [0.2, 0.25) is 0 Å². The van der Waals surface area contributed by atoms with Crippen LogP contribution in [0.2, 0.25) is 5.02 Å². The van der Waals surface area contributed by atoms with Crippen molar-refractivity contribution in [2.75, 3.05) is 26.0 Å². The fourth-order valence-corrected chi connectivity index (χ4v) is 3.11. The minimum absolute atomic E-state index is 0.123. The Hall–Kier alpha value is -2.09. The smallest absolute Gasteiger partial charge is 0.308 e. The second-order valence-electron chi connectivity index (χ2n) is 5.78. The molecule has 0 N–H and O–H groups in total. The number of methoxy groups -OCH3 is 1. The zero-order valence-electron chi connectivity index (χ0n) is 15.2. The number of ether oxygens (including phenoxy) is 1. The summed E-state index contributed by atoms with van der Waals surface area (Å²) in [5, 5.41) is 0.371. The highest BCUT2D eigenvalue weighted by atomic mass is 35.5. The van der Waals surface area contributed by atoms with Crippen molar-refractivity contribution in [3.63, 3.8) is 0 Å². The monoisotopic (exact) mass is 411 g/mol. The lowest BCUT2D eigenvalue weighted by Crippen LogP contribution is -2.33. The lowest BCUT2D eigenvalue weighted by molar-refractivity contribution is 0.0680. The first-order chi connectivity index (χ1) is 12.9. The Morgan fingerprint density at radius 2 is 1.89 bits per heavy atom. The largest absolute Gasteiger partial charge is 0.383 e. The van der Waals surface area contributed by atoms with Crippen molar-refractivity contribution >= 4 is 27.6 Å². The Kier molecular flexibility index (Phi) is 7.65. The van der Waals surface area contributed by atoms with Gasteiger partial charge in [0.05, 0.1) is 22.9 Å². The Bertz CT molecular complexity index is 885. The number of halogens is 1. The van der Waals surface area contributed by atoms with Crippen LogP contribution in [0.5, 0.6) is 5.75 Å². The molecule has 2 aromatic carbocycles. The SMILES string of the molecule is CCS(=O)(=O)Oc1cccc(CN(CCOC)C(=O)c2ccccc2Cl)c1. The molecule has 1 amide bonds. The van der Waals surface area contributed by atoms with E-state index >= 15 is 0 Å². The first-order valence-corrected chi connectivity index (χ1v) is 10.4. The predicted octanol–water partition coefficient (Wildman–Crippen LogP) is 3.36. The highest BCUT2D eigenvalue weighted by Gasteiger charge is 2.19. The minimum Gasteiger partial charge on any atom is -0.383 e. The molecule has 0 heterocycles. The zero-order chi connectivity index (χ0) is 19.9. The Morgan fingerprint density at radius 1 is 1.15 bits per heavy atom. The predicted molar refractivity (Wildman–Crippen MR) is 105 cm³/mol. The molecule has 2 rings (SSSR count). The maximum absolute atomic E-state index is 12.9. The molecule has 0 radical (unpaired) electrons. The Labute approximate surface area is 164 Å². The Morgan fingerprint density at radius 3 is 2.56 bits per heavy atom. The van der Waals surface area contributed by atoms with Gasteiger partial charge >= 0.3 is 10.1 Å². The number of amides is 1. The van der Waals surface area contributed by atoms with Crippen LogP contribution >= 0.6 is 11.6 Å². The van der Waals surface area contributed by atoms with Gasteiger partial charge in [-0.15, -0.1) is 0 Å². The highest BCUT2D eigenvalue weighted by Crippen LogP contribution is 2.21. The van der Waals surface area contributed by atoms with Gasteiger partial charge in [0, 0.05) is 20.2 Å². The first-order valence-electron chi connectivity index (χ1n) is 8.40. The molecular weight excluding hydrogens is 390 g/mol. The molecule has 2 aromatic rings. The number of nitrogens with zero attached hydrogens (tertiary/aromatic N) is 1. The van der Waals surface area contributed by atoms with Crippen molar-refractivity contribution in [1.82, 2.24) is 4.90 Å². The molecule has 0 aliphatic rings. The van der Waals surface area contributed by atoms with Crippen LogP contribution in [-0.4, -0.2) is 45.2 Å². The van der Waals surface area contributed by atoms with Gasteiger partial charge in [-0.1, -0.05) is 35.9 Å². The van der Waals surface area contributed by atoms with Gasteiger partial charge in [0.25, 0.3) is 5.91 Å². The quantitative estimate of drug-likeness (QED) is 0.591. The van der Waals surface area contributed by atoms with Crippen LogP contribution in [0, 0.1) is 0 Å². The average Bonchev–Trinajstić information content (AvgIpc) is 2.65. The van der Waals surface area contributed by atoms with Crippen molar-refractivity contribution in [1.29, 1.82) is 0 Å². The lowest BCUT2D eigenvalue weighted by Gasteiger charge is -2.23. The molecule has 0 atom stereocenters. The first kappa shape index (κ1) is 21.2. The van der Waals surface area contributed by atoms with E-state index in [1.807, 2.05) is 0 Å². The second-order valence-corrected chi connectivity index (χ2v) is 8.04. The normalized spacial score (nSPS) is 11.2. The fraction of sp³-hybridized carbons (Fsp3) is 0.316. The second kappa shape index (κ2) is 9.73. The molecule has 146 valence electrons. The van der Waals surface area contributed by atoms with E-state index in [4.69, 9.17) is 20.5 Å². The summed E-state index contributed by atoms with van der Waals surface area (Å²) in [6.45, 7) is 2.49. The molecule has 0 aliphatic heterocycles. The number of carbonyl (C=O) groups excluding carboxylic acids is 1. The zero-order valence-corrected chi connectivity index (χ0v) is 16.8. The van der Waals surface area contributed by atoms with Gasteiger partial charge < -0.3 is 13.8 Å². The van der Waals surface area contributed by atoms with E-state index in [1.165, 1.54) is 6.92 Å². The molecule has 0 fully saturated rings. The van der Waals surface area contributed by atoms with Gasteiger partial charge in [-0.3, -0.25) is 4.79 Å². The van der Waals surface area contributed by atoms with Gasteiger partial charge in [-0.2, -0.15) is 8.42 Å². The Balaban J connectivity index is 2.23. The van der Waals surface area contributed by atoms with Gasteiger partial charge in [-0.05, 0) is 36.8 Å². The van der Waals surface area contributed by atoms with E-state index in [-0.39, 0.29) is 24.0 Å². The minimum atomic E-state index is -3.61. The number of hydrogen-bond donors (Lipinski definition) is 0. The van der Waals surface area contributed by atoms with E-state index in [9.17, 15) is 13.2 Å². The molecular formula is C19H22ClNO5S. The van der Waals surface area contributed by atoms with Gasteiger partial charge in [-0.25, -0.2) is 0 Å². The molecule has 6 nitrogen and oxygen atoms in total. The third-order valence-electron chi connectivity index (χ3n) is 3.81. The summed E-state index contributed by atoms with van der Waals surface area (Å²) >= 11 is 6.15. The van der Waals surface area contributed by atoms with Crippen LogP contribution < -0.4 is 4.18 Å². The number of hydrogen-bond acceptors (Lipinski definition) is 5. The summed E-state index contributed by atoms with van der Waals surface area (Å²) in [6.07, 6.45) is 0. The molecule has 27 heavy (non-hydrogen) atoms. The third kappa shape index (κ3) is 6.23. The van der Waals surface area contributed by atoms with E-state index in [1.54, 1.807) is 60.5 Å². The van der Waals surface area contributed by atoms with Crippen molar-refractivity contribution in [2.45, 2.75) is 13.5 Å². The number of carbonyl (C=O) groups is 1. The van der Waals surface area contributed by atoms with Crippen LogP contribution in [0.4, 0.5) is 0 Å². The van der Waals surface area contributed by atoms with E-state index in [0.29, 0.717) is 23.7 Å². The van der Waals surface area contributed by atoms with Crippen molar-refractivity contribution in [3.05, 3.63) is 64.7 Å². The summed E-state index contributed by atoms with van der Waals surface area (Å²) in [4.78, 5) is 14.5. The standard InChI is InChI=1S/C19H22ClNO5S/c1-3-27(23,24)26-16-8-6-7-15(13-16)14-21(11-12-25-2)19(22)17-9-4-5-10-18(17)20/h4-10,13H,3,11-12,14H2,1-2H3. The lowest BCUT2D eigenvalue weighted by atomic mass is 10.1. The summed E-state index contributed by atoms with van der Waals surface area (Å²) in [5.74, 6) is -0.140. The molecule has 0 unspecified atom stereocenters. The highest BCUT2D eigenvalue weighted by molar-refractivity contribution is 7.87. The summed E-state index contributed by atoms with van der Waals surface area (Å²) in [7, 11) is -2.06. The summed E-state index contributed by atoms with van der Waals surface area (Å²) in [6, 6.07) is 13.5. The molecule has 0 aliphatic carbocycles. The number of benzene rings is 2. The van der Waals surface area contributed by atoms with Crippen LogP contribution in [-0.2, 0) is 21.4 Å². The molecule has 0 spiro atoms. The van der Waals surface area contributed by atoms with E-state index < -0.39 is 10.1 Å². The van der Waals surface area contributed by atoms with Crippen molar-refractivity contribution < 1.29 is 22.1 Å². The van der Waals surface area contributed by atoms with Crippen molar-refractivity contribution in [3.8, 4) is 5.75 Å². The topological polar surface area (TPSA) is 72.9 Å². The molecule has 8 heteroatoms. The third-order valence-corrected chi connectivity index (χ3v) is 5.29. The van der Waals surface area contributed by atoms with E-state index in [2.05, 4.69) is 0 Å². The van der Waals surface area contributed by atoms with E-state index in [0.717, 1.165) is 5.56 Å².